The lowest BCUT2D eigenvalue weighted by atomic mass is 10.2. The molecular formula is C14H15ClN6O. The number of nitrogens with two attached hydrogens (primary N) is 1. The third kappa shape index (κ3) is 2.94. The van der Waals surface area contributed by atoms with Crippen LogP contribution >= 0.6 is 11.6 Å². The Kier molecular flexibility index (Phi) is 4.06. The fourth-order valence-electron chi connectivity index (χ4n) is 2.41. The number of amides is 1. The Balaban J connectivity index is 1.65. The molecule has 3 rings (SSSR count). The number of nitrogens with one attached hydrogen (secondary N) is 1. The quantitative estimate of drug-likeness (QED) is 0.888. The van der Waals surface area contributed by atoms with Crippen LogP contribution in [-0.2, 0) is 0 Å². The zero-order chi connectivity index (χ0) is 15.5. The van der Waals surface area contributed by atoms with Crippen LogP contribution in [0.5, 0.6) is 0 Å². The van der Waals surface area contributed by atoms with Crippen LogP contribution in [0.2, 0.25) is 5.02 Å². The molecule has 114 valence electrons. The highest BCUT2D eigenvalue weighted by atomic mass is 35.5. The molecule has 1 atom stereocenters. The molecule has 0 radical (unpaired) electrons. The number of anilines is 2. The largest absolute Gasteiger partial charge is 0.382 e. The molecule has 1 aliphatic rings. The van der Waals surface area contributed by atoms with Crippen molar-refractivity contribution in [3.63, 3.8) is 0 Å². The molecule has 1 saturated heterocycles. The smallest absolute Gasteiger partial charge is 0.255 e. The summed E-state index contributed by atoms with van der Waals surface area (Å²) in [6.45, 7) is 1.25. The van der Waals surface area contributed by atoms with Crippen molar-refractivity contribution < 1.29 is 4.79 Å². The van der Waals surface area contributed by atoms with Crippen molar-refractivity contribution in [2.45, 2.75) is 12.5 Å². The zero-order valence-corrected chi connectivity index (χ0v) is 12.5. The van der Waals surface area contributed by atoms with E-state index in [9.17, 15) is 4.79 Å². The molecule has 0 aliphatic carbocycles. The van der Waals surface area contributed by atoms with E-state index < -0.39 is 0 Å². The van der Waals surface area contributed by atoms with Crippen LogP contribution in [0.15, 0.2) is 30.9 Å². The zero-order valence-electron chi connectivity index (χ0n) is 11.7. The van der Waals surface area contributed by atoms with Gasteiger partial charge in [-0.1, -0.05) is 11.6 Å². The molecule has 1 unspecified atom stereocenters. The standard InChI is InChI=1S/C14H15ClN6O/c15-11-12(16)18-8-19-13(11)20-10-3-5-21(7-10)14(22)9-2-1-4-17-6-9/h1-2,4,6,8,10H,3,5,7H2,(H3,16,18,19,20). The average Bonchev–Trinajstić information content (AvgIpc) is 3.00. The van der Waals surface area contributed by atoms with Crippen LogP contribution in [-0.4, -0.2) is 44.9 Å². The highest BCUT2D eigenvalue weighted by molar-refractivity contribution is 6.35. The fraction of sp³-hybridized carbons (Fsp3) is 0.286. The summed E-state index contributed by atoms with van der Waals surface area (Å²) in [5, 5.41) is 3.52. The van der Waals surface area contributed by atoms with Gasteiger partial charge in [-0.25, -0.2) is 9.97 Å². The molecule has 0 spiro atoms. The number of pyridine rings is 1. The maximum Gasteiger partial charge on any atom is 0.255 e. The van der Waals surface area contributed by atoms with Crippen molar-refractivity contribution in [2.75, 3.05) is 24.1 Å². The monoisotopic (exact) mass is 318 g/mol. The van der Waals surface area contributed by atoms with Crippen molar-refractivity contribution in [1.29, 1.82) is 0 Å². The number of hydrogen-bond acceptors (Lipinski definition) is 6. The third-order valence-corrected chi connectivity index (χ3v) is 3.91. The number of carbonyl (C=O) groups is 1. The minimum atomic E-state index is -0.0225. The number of halogens is 1. The van der Waals surface area contributed by atoms with Gasteiger partial charge >= 0.3 is 0 Å². The van der Waals surface area contributed by atoms with E-state index in [1.807, 2.05) is 0 Å². The fourth-order valence-corrected chi connectivity index (χ4v) is 2.56. The van der Waals surface area contributed by atoms with E-state index in [1.165, 1.54) is 6.33 Å². The Morgan fingerprint density at radius 1 is 1.45 bits per heavy atom. The summed E-state index contributed by atoms with van der Waals surface area (Å²) in [6, 6.07) is 3.59. The molecule has 8 heteroatoms. The van der Waals surface area contributed by atoms with Crippen molar-refractivity contribution in [3.05, 3.63) is 41.4 Å². The van der Waals surface area contributed by atoms with Crippen LogP contribution in [0.25, 0.3) is 0 Å². The van der Waals surface area contributed by atoms with E-state index in [1.54, 1.807) is 29.4 Å². The first-order chi connectivity index (χ1) is 10.6. The van der Waals surface area contributed by atoms with Gasteiger partial charge in [0.1, 0.15) is 17.2 Å². The minimum absolute atomic E-state index is 0.0225. The lowest BCUT2D eigenvalue weighted by molar-refractivity contribution is 0.0791. The minimum Gasteiger partial charge on any atom is -0.382 e. The van der Waals surface area contributed by atoms with Crippen molar-refractivity contribution in [3.8, 4) is 0 Å². The molecule has 0 bridgehead atoms. The van der Waals surface area contributed by atoms with E-state index in [-0.39, 0.29) is 17.8 Å². The molecule has 1 amide bonds. The number of carbonyl (C=O) groups excluding carboxylic acids is 1. The van der Waals surface area contributed by atoms with Gasteiger partial charge in [-0.3, -0.25) is 9.78 Å². The van der Waals surface area contributed by atoms with E-state index >= 15 is 0 Å². The predicted molar refractivity (Wildman–Crippen MR) is 83.6 cm³/mol. The number of nitrogen functional groups attached to an aromatic ring is 1. The van der Waals surface area contributed by atoms with Gasteiger partial charge in [0.15, 0.2) is 5.82 Å². The Morgan fingerprint density at radius 3 is 3.09 bits per heavy atom. The molecule has 2 aromatic heterocycles. The Morgan fingerprint density at radius 2 is 2.32 bits per heavy atom. The summed E-state index contributed by atoms with van der Waals surface area (Å²) < 4.78 is 0. The van der Waals surface area contributed by atoms with Gasteiger partial charge in [0, 0.05) is 31.5 Å². The number of likely N-dealkylation sites (tertiary alicyclic amines) is 1. The first-order valence-corrected chi connectivity index (χ1v) is 7.25. The lowest BCUT2D eigenvalue weighted by Crippen LogP contribution is -2.31. The molecule has 0 aromatic carbocycles. The van der Waals surface area contributed by atoms with Crippen LogP contribution in [0.1, 0.15) is 16.8 Å². The van der Waals surface area contributed by atoms with Gasteiger partial charge in [-0.05, 0) is 18.6 Å². The summed E-state index contributed by atoms with van der Waals surface area (Å²) in [6.07, 6.45) is 5.39. The number of hydrogen-bond donors (Lipinski definition) is 2. The number of aromatic nitrogens is 3. The second kappa shape index (κ2) is 6.15. The number of nitrogens with zero attached hydrogens (tertiary/aromatic N) is 4. The number of rotatable bonds is 3. The molecule has 3 N–H and O–H groups in total. The van der Waals surface area contributed by atoms with Crippen LogP contribution in [0.3, 0.4) is 0 Å². The van der Waals surface area contributed by atoms with Gasteiger partial charge in [0.25, 0.3) is 5.91 Å². The normalized spacial score (nSPS) is 17.5. The molecule has 1 fully saturated rings. The summed E-state index contributed by atoms with van der Waals surface area (Å²) >= 11 is 6.07. The summed E-state index contributed by atoms with van der Waals surface area (Å²) in [5.41, 5.74) is 6.24. The first kappa shape index (κ1) is 14.5. The molecule has 7 nitrogen and oxygen atoms in total. The van der Waals surface area contributed by atoms with Crippen molar-refractivity contribution in [2.24, 2.45) is 0 Å². The van der Waals surface area contributed by atoms with Crippen LogP contribution < -0.4 is 11.1 Å². The Hall–Kier alpha value is -2.41. The topological polar surface area (TPSA) is 97.0 Å². The molecule has 3 heterocycles. The van der Waals surface area contributed by atoms with Gasteiger partial charge in [-0.15, -0.1) is 0 Å². The maximum absolute atomic E-state index is 12.4. The Labute approximate surface area is 132 Å². The Bertz CT molecular complexity index is 680. The highest BCUT2D eigenvalue weighted by Gasteiger charge is 2.27. The van der Waals surface area contributed by atoms with Crippen LogP contribution in [0.4, 0.5) is 11.6 Å². The second-order valence-corrected chi connectivity index (χ2v) is 5.42. The first-order valence-electron chi connectivity index (χ1n) is 6.87. The van der Waals surface area contributed by atoms with E-state index in [0.717, 1.165) is 6.42 Å². The van der Waals surface area contributed by atoms with Gasteiger partial charge in [0.05, 0.1) is 5.56 Å². The molecular weight excluding hydrogens is 304 g/mol. The average molecular weight is 319 g/mol. The van der Waals surface area contributed by atoms with E-state index in [2.05, 4.69) is 20.3 Å². The lowest BCUT2D eigenvalue weighted by Gasteiger charge is -2.17. The molecule has 22 heavy (non-hydrogen) atoms. The summed E-state index contributed by atoms with van der Waals surface area (Å²) in [4.78, 5) is 26.0. The van der Waals surface area contributed by atoms with Crippen molar-refractivity contribution in [1.82, 2.24) is 19.9 Å². The molecule has 1 aliphatic heterocycles. The third-order valence-electron chi connectivity index (χ3n) is 3.54. The van der Waals surface area contributed by atoms with Gasteiger partial charge < -0.3 is 16.0 Å². The summed E-state index contributed by atoms with van der Waals surface area (Å²) in [5.74, 6) is 0.709. The molecule has 2 aromatic rings. The van der Waals surface area contributed by atoms with Crippen LogP contribution in [0, 0.1) is 0 Å². The van der Waals surface area contributed by atoms with E-state index in [0.29, 0.717) is 29.5 Å². The van der Waals surface area contributed by atoms with Gasteiger partial charge in [-0.2, -0.15) is 0 Å². The van der Waals surface area contributed by atoms with Gasteiger partial charge in [0.2, 0.25) is 0 Å². The second-order valence-electron chi connectivity index (χ2n) is 5.04. The SMILES string of the molecule is Nc1ncnc(NC2CCN(C(=O)c3cccnc3)C2)c1Cl. The maximum atomic E-state index is 12.4. The summed E-state index contributed by atoms with van der Waals surface area (Å²) in [7, 11) is 0. The van der Waals surface area contributed by atoms with Crippen molar-refractivity contribution >= 4 is 29.1 Å². The predicted octanol–water partition coefficient (Wildman–Crippen LogP) is 1.43. The highest BCUT2D eigenvalue weighted by Crippen LogP contribution is 2.25. The molecule has 0 saturated carbocycles. The van der Waals surface area contributed by atoms with E-state index in [4.69, 9.17) is 17.3 Å².